The average Bonchev–Trinajstić information content (AvgIpc) is 2.54. The minimum Gasteiger partial charge on any atom is -0.344 e. The van der Waals surface area contributed by atoms with Crippen LogP contribution in [0.4, 0.5) is 0 Å². The summed E-state index contributed by atoms with van der Waals surface area (Å²) in [6.07, 6.45) is 0.829. The Morgan fingerprint density at radius 1 is 1.44 bits per heavy atom. The summed E-state index contributed by atoms with van der Waals surface area (Å²) in [5.74, 6) is 0.604. The quantitative estimate of drug-likeness (QED) is 0.729. The third-order valence-corrected chi connectivity index (χ3v) is 4.44. The van der Waals surface area contributed by atoms with Gasteiger partial charge in [0.05, 0.1) is 10.6 Å². The fourth-order valence-corrected chi connectivity index (χ4v) is 3.32. The van der Waals surface area contributed by atoms with Crippen molar-refractivity contribution in [2.24, 2.45) is 5.92 Å². The SMILES string of the molecule is C=C(C(C)C)C(CC1SC(C)NC1=O)NC(C)C. The predicted molar refractivity (Wildman–Crippen MR) is 79.6 cm³/mol. The number of amides is 1. The maximum absolute atomic E-state index is 11.8. The van der Waals surface area contributed by atoms with Crippen LogP contribution < -0.4 is 10.6 Å². The zero-order valence-corrected chi connectivity index (χ0v) is 12.9. The highest BCUT2D eigenvalue weighted by atomic mass is 32.2. The summed E-state index contributed by atoms with van der Waals surface area (Å²) in [5, 5.41) is 6.77. The normalized spacial score (nSPS) is 25.6. The molecule has 1 saturated heterocycles. The number of thioether (sulfide) groups is 1. The van der Waals surface area contributed by atoms with Gasteiger partial charge in [-0.1, -0.05) is 39.8 Å². The zero-order valence-electron chi connectivity index (χ0n) is 12.1. The second kappa shape index (κ2) is 6.62. The third kappa shape index (κ3) is 4.32. The van der Waals surface area contributed by atoms with Gasteiger partial charge in [0.1, 0.15) is 0 Å². The summed E-state index contributed by atoms with van der Waals surface area (Å²) in [7, 11) is 0. The number of hydrogen-bond acceptors (Lipinski definition) is 3. The first-order valence-corrected chi connectivity index (χ1v) is 7.66. The van der Waals surface area contributed by atoms with Crippen LogP contribution in [0.25, 0.3) is 0 Å². The fourth-order valence-electron chi connectivity index (χ4n) is 2.14. The van der Waals surface area contributed by atoms with Crippen LogP contribution >= 0.6 is 11.8 Å². The predicted octanol–water partition coefficient (Wildman–Crippen LogP) is 2.53. The molecule has 1 rings (SSSR count). The van der Waals surface area contributed by atoms with Crippen LogP contribution in [0.3, 0.4) is 0 Å². The maximum atomic E-state index is 11.8. The summed E-state index contributed by atoms with van der Waals surface area (Å²) in [4.78, 5) is 11.8. The smallest absolute Gasteiger partial charge is 0.234 e. The Morgan fingerprint density at radius 3 is 2.44 bits per heavy atom. The van der Waals surface area contributed by atoms with Crippen molar-refractivity contribution >= 4 is 17.7 Å². The molecule has 1 fully saturated rings. The van der Waals surface area contributed by atoms with E-state index in [1.807, 2.05) is 6.92 Å². The molecule has 0 bridgehead atoms. The van der Waals surface area contributed by atoms with Crippen LogP contribution in [0.1, 0.15) is 41.0 Å². The number of rotatable bonds is 6. The maximum Gasteiger partial charge on any atom is 0.234 e. The molecule has 0 saturated carbocycles. The van der Waals surface area contributed by atoms with Crippen LogP contribution in [0.5, 0.6) is 0 Å². The van der Waals surface area contributed by atoms with Crippen LogP contribution in [-0.4, -0.2) is 28.6 Å². The van der Waals surface area contributed by atoms with Gasteiger partial charge < -0.3 is 10.6 Å². The molecule has 1 heterocycles. The van der Waals surface area contributed by atoms with E-state index < -0.39 is 0 Å². The van der Waals surface area contributed by atoms with Crippen molar-refractivity contribution in [1.29, 1.82) is 0 Å². The largest absolute Gasteiger partial charge is 0.344 e. The minimum atomic E-state index is 0.0479. The Labute approximate surface area is 115 Å². The third-order valence-electron chi connectivity index (χ3n) is 3.18. The van der Waals surface area contributed by atoms with Crippen molar-refractivity contribution in [2.75, 3.05) is 0 Å². The molecule has 0 aromatic rings. The highest BCUT2D eigenvalue weighted by molar-refractivity contribution is 8.01. The molecule has 18 heavy (non-hydrogen) atoms. The van der Waals surface area contributed by atoms with Crippen molar-refractivity contribution in [3.63, 3.8) is 0 Å². The summed E-state index contributed by atoms with van der Waals surface area (Å²) in [6.45, 7) is 14.8. The lowest BCUT2D eigenvalue weighted by Gasteiger charge is -2.27. The summed E-state index contributed by atoms with van der Waals surface area (Å²) < 4.78 is 0. The molecule has 1 aliphatic heterocycles. The van der Waals surface area contributed by atoms with E-state index in [1.165, 1.54) is 5.57 Å². The number of nitrogens with one attached hydrogen (secondary N) is 2. The van der Waals surface area contributed by atoms with Gasteiger partial charge in [0.2, 0.25) is 5.91 Å². The van der Waals surface area contributed by atoms with Crippen molar-refractivity contribution in [1.82, 2.24) is 10.6 Å². The first-order chi connectivity index (χ1) is 8.31. The van der Waals surface area contributed by atoms with E-state index in [-0.39, 0.29) is 22.6 Å². The lowest BCUT2D eigenvalue weighted by molar-refractivity contribution is -0.120. The highest BCUT2D eigenvalue weighted by Crippen LogP contribution is 2.29. The number of hydrogen-bond donors (Lipinski definition) is 2. The lowest BCUT2D eigenvalue weighted by Crippen LogP contribution is -2.40. The average molecular weight is 270 g/mol. The Kier molecular flexibility index (Phi) is 5.73. The first kappa shape index (κ1) is 15.6. The van der Waals surface area contributed by atoms with Crippen molar-refractivity contribution in [3.05, 3.63) is 12.2 Å². The summed E-state index contributed by atoms with van der Waals surface area (Å²) in [6, 6.07) is 0.621. The van der Waals surface area contributed by atoms with Gasteiger partial charge in [-0.25, -0.2) is 0 Å². The van der Waals surface area contributed by atoms with Crippen molar-refractivity contribution in [3.8, 4) is 0 Å². The number of carbonyl (C=O) groups excluding carboxylic acids is 1. The molecule has 0 aromatic carbocycles. The molecule has 1 aliphatic rings. The van der Waals surface area contributed by atoms with Gasteiger partial charge in [0.15, 0.2) is 0 Å². The Balaban J connectivity index is 2.66. The molecule has 4 heteroatoms. The molecule has 0 spiro atoms. The van der Waals surface area contributed by atoms with Gasteiger partial charge in [-0.15, -0.1) is 11.8 Å². The molecular weight excluding hydrogens is 244 g/mol. The number of carbonyl (C=O) groups is 1. The molecule has 3 atom stereocenters. The van der Waals surface area contributed by atoms with Gasteiger partial charge in [0.25, 0.3) is 0 Å². The van der Waals surface area contributed by atoms with E-state index in [0.717, 1.165) is 6.42 Å². The minimum absolute atomic E-state index is 0.0479. The van der Waals surface area contributed by atoms with Gasteiger partial charge in [0, 0.05) is 12.1 Å². The van der Waals surface area contributed by atoms with Crippen LogP contribution in [-0.2, 0) is 4.79 Å². The Hall–Kier alpha value is -0.480. The monoisotopic (exact) mass is 270 g/mol. The molecule has 1 amide bonds. The molecule has 2 N–H and O–H groups in total. The van der Waals surface area contributed by atoms with Crippen LogP contribution in [0, 0.1) is 5.92 Å². The molecule has 3 nitrogen and oxygen atoms in total. The summed E-state index contributed by atoms with van der Waals surface area (Å²) >= 11 is 1.72. The van der Waals surface area contributed by atoms with E-state index in [1.54, 1.807) is 11.8 Å². The van der Waals surface area contributed by atoms with E-state index in [2.05, 4.69) is 44.9 Å². The van der Waals surface area contributed by atoms with Gasteiger partial charge in [-0.3, -0.25) is 4.79 Å². The van der Waals surface area contributed by atoms with Gasteiger partial charge >= 0.3 is 0 Å². The van der Waals surface area contributed by atoms with Crippen LogP contribution in [0.2, 0.25) is 0 Å². The Bertz CT molecular complexity index is 315. The standard InChI is InChI=1S/C14H26N2OS/c1-8(2)10(5)12(15-9(3)4)7-13-14(17)16-11(6)18-13/h8-9,11-13,15H,5,7H2,1-4,6H3,(H,16,17). The molecule has 0 radical (unpaired) electrons. The first-order valence-electron chi connectivity index (χ1n) is 6.71. The van der Waals surface area contributed by atoms with E-state index in [4.69, 9.17) is 0 Å². The second-order valence-electron chi connectivity index (χ2n) is 5.61. The van der Waals surface area contributed by atoms with Gasteiger partial charge in [-0.2, -0.15) is 0 Å². The molecule has 0 aliphatic carbocycles. The fraction of sp³-hybridized carbons (Fsp3) is 0.786. The van der Waals surface area contributed by atoms with Crippen LogP contribution in [0.15, 0.2) is 12.2 Å². The second-order valence-corrected chi connectivity index (χ2v) is 7.16. The van der Waals surface area contributed by atoms with Crippen molar-refractivity contribution < 1.29 is 4.79 Å². The lowest BCUT2D eigenvalue weighted by atomic mass is 9.93. The summed E-state index contributed by atoms with van der Waals surface area (Å²) in [5.41, 5.74) is 1.19. The topological polar surface area (TPSA) is 41.1 Å². The molecule has 3 unspecified atom stereocenters. The molecule has 0 aromatic heterocycles. The zero-order chi connectivity index (χ0) is 13.9. The van der Waals surface area contributed by atoms with E-state index in [0.29, 0.717) is 12.0 Å². The van der Waals surface area contributed by atoms with E-state index >= 15 is 0 Å². The van der Waals surface area contributed by atoms with Gasteiger partial charge in [-0.05, 0) is 19.3 Å². The van der Waals surface area contributed by atoms with E-state index in [9.17, 15) is 4.79 Å². The highest BCUT2D eigenvalue weighted by Gasteiger charge is 2.33. The Morgan fingerprint density at radius 2 is 2.06 bits per heavy atom. The van der Waals surface area contributed by atoms with Crippen molar-refractivity contribution in [2.45, 2.75) is 63.7 Å². The molecule has 104 valence electrons. The molecular formula is C14H26N2OS.